The number of carbonyl (C=O) groups is 1. The van der Waals surface area contributed by atoms with Gasteiger partial charge in [0.05, 0.1) is 18.1 Å². The summed E-state index contributed by atoms with van der Waals surface area (Å²) in [6.07, 6.45) is -3.19. The molecule has 1 aliphatic rings. The van der Waals surface area contributed by atoms with Crippen molar-refractivity contribution >= 4 is 16.1 Å². The molecule has 2 N–H and O–H groups in total. The van der Waals surface area contributed by atoms with Crippen LogP contribution in [0.5, 0.6) is 0 Å². The first kappa shape index (κ1) is 19.2. The monoisotopic (exact) mass is 348 g/mol. The van der Waals surface area contributed by atoms with Crippen molar-refractivity contribution in [2.75, 3.05) is 6.61 Å². The van der Waals surface area contributed by atoms with E-state index < -0.39 is 52.1 Å². The Kier molecular flexibility index (Phi) is 5.51. The fraction of sp³-hybridized carbons (Fsp3) is 0.917. The molecule has 0 heterocycles. The van der Waals surface area contributed by atoms with Gasteiger partial charge in [0, 0.05) is 12.3 Å². The number of aliphatic hydroxyl groups is 1. The predicted molar refractivity (Wildman–Crippen MR) is 69.5 cm³/mol. The summed E-state index contributed by atoms with van der Waals surface area (Å²) < 4.78 is 72.6. The summed E-state index contributed by atoms with van der Waals surface area (Å²) in [5, 5.41) is 4.85. The van der Waals surface area contributed by atoms with Crippen molar-refractivity contribution in [2.24, 2.45) is 11.8 Å². The number of esters is 1. The molecule has 0 spiro atoms. The van der Waals surface area contributed by atoms with Gasteiger partial charge in [-0.3, -0.25) is 9.35 Å². The number of halogens is 3. The van der Waals surface area contributed by atoms with Gasteiger partial charge in [-0.2, -0.15) is 17.2 Å². The van der Waals surface area contributed by atoms with Crippen molar-refractivity contribution in [3.63, 3.8) is 0 Å². The lowest BCUT2D eigenvalue weighted by Gasteiger charge is -2.42. The zero-order valence-corrected chi connectivity index (χ0v) is 12.9. The molecule has 3 unspecified atom stereocenters. The third-order valence-corrected chi connectivity index (χ3v) is 4.75. The molecule has 1 fully saturated rings. The highest BCUT2D eigenvalue weighted by Gasteiger charge is 2.52. The molecule has 1 rings (SSSR count). The maximum absolute atomic E-state index is 13.2. The van der Waals surface area contributed by atoms with Gasteiger partial charge in [-0.05, 0) is 26.7 Å². The minimum Gasteiger partial charge on any atom is -0.465 e. The van der Waals surface area contributed by atoms with Gasteiger partial charge in [-0.15, -0.1) is 0 Å². The summed E-state index contributed by atoms with van der Waals surface area (Å²) in [6, 6.07) is 0. The molecule has 10 heteroatoms. The van der Waals surface area contributed by atoms with Crippen molar-refractivity contribution in [2.45, 2.75) is 50.1 Å². The second kappa shape index (κ2) is 6.32. The van der Waals surface area contributed by atoms with Crippen molar-refractivity contribution in [3.05, 3.63) is 0 Å². The Morgan fingerprint density at radius 3 is 2.27 bits per heavy atom. The van der Waals surface area contributed by atoms with Crippen LogP contribution in [-0.2, 0) is 19.6 Å². The van der Waals surface area contributed by atoms with E-state index in [4.69, 9.17) is 4.55 Å². The summed E-state index contributed by atoms with van der Waals surface area (Å²) >= 11 is 0. The molecule has 0 radical (unpaired) electrons. The molecule has 1 aliphatic carbocycles. The first-order chi connectivity index (χ1) is 9.78. The zero-order valence-electron chi connectivity index (χ0n) is 12.1. The molecule has 0 aliphatic heterocycles. The van der Waals surface area contributed by atoms with E-state index in [1.807, 2.05) is 0 Å². The molecular weight excluding hydrogens is 329 g/mol. The van der Waals surface area contributed by atoms with Crippen LogP contribution >= 0.6 is 0 Å². The van der Waals surface area contributed by atoms with Crippen LogP contribution in [0.15, 0.2) is 0 Å². The SMILES string of the molecule is CC(C)(O)C1CCC1C(=O)OCCC(F)C(F)(F)S(=O)(=O)O. The molecule has 0 bridgehead atoms. The summed E-state index contributed by atoms with van der Waals surface area (Å²) in [5.41, 5.74) is -1.09. The van der Waals surface area contributed by atoms with E-state index in [2.05, 4.69) is 4.74 Å². The molecule has 3 atom stereocenters. The Bertz CT molecular complexity index is 513. The van der Waals surface area contributed by atoms with Crippen LogP contribution in [0, 0.1) is 11.8 Å². The zero-order chi connectivity index (χ0) is 17.3. The van der Waals surface area contributed by atoms with Gasteiger partial charge >= 0.3 is 21.3 Å². The van der Waals surface area contributed by atoms with Gasteiger partial charge in [0.2, 0.25) is 0 Å². The van der Waals surface area contributed by atoms with Gasteiger partial charge in [0.1, 0.15) is 0 Å². The van der Waals surface area contributed by atoms with Crippen LogP contribution in [-0.4, -0.2) is 47.7 Å². The molecule has 1 saturated carbocycles. The smallest absolute Gasteiger partial charge is 0.400 e. The summed E-state index contributed by atoms with van der Waals surface area (Å²) in [5.74, 6) is -1.68. The van der Waals surface area contributed by atoms with E-state index in [1.54, 1.807) is 0 Å². The molecule has 0 saturated heterocycles. The highest BCUT2D eigenvalue weighted by atomic mass is 32.2. The summed E-state index contributed by atoms with van der Waals surface area (Å²) in [6.45, 7) is 2.31. The fourth-order valence-corrected chi connectivity index (χ4v) is 2.77. The molecule has 22 heavy (non-hydrogen) atoms. The number of hydrogen-bond donors (Lipinski definition) is 2. The fourth-order valence-electron chi connectivity index (χ4n) is 2.33. The quantitative estimate of drug-likeness (QED) is 0.535. The molecule has 6 nitrogen and oxygen atoms in total. The van der Waals surface area contributed by atoms with E-state index in [9.17, 15) is 31.5 Å². The Labute approximate surface area is 126 Å². The van der Waals surface area contributed by atoms with E-state index in [-0.39, 0.29) is 5.92 Å². The van der Waals surface area contributed by atoms with Gasteiger partial charge in [-0.25, -0.2) is 4.39 Å². The minimum atomic E-state index is -5.87. The van der Waals surface area contributed by atoms with Crippen LogP contribution in [0.1, 0.15) is 33.1 Å². The molecular formula is C12H19F3O6S. The summed E-state index contributed by atoms with van der Waals surface area (Å²) in [7, 11) is -5.87. The largest absolute Gasteiger partial charge is 0.465 e. The van der Waals surface area contributed by atoms with Gasteiger partial charge in [0.15, 0.2) is 6.17 Å². The number of alkyl halides is 3. The predicted octanol–water partition coefficient (Wildman–Crippen LogP) is 1.54. The van der Waals surface area contributed by atoms with Crippen molar-refractivity contribution in [1.29, 1.82) is 0 Å². The Morgan fingerprint density at radius 1 is 1.36 bits per heavy atom. The number of hydrogen-bond acceptors (Lipinski definition) is 5. The first-order valence-electron chi connectivity index (χ1n) is 6.66. The standard InChI is InChI=1S/C12H19F3O6S/c1-11(2,17)8-4-3-7(8)10(16)21-6-5-9(13)12(14,15)22(18,19)20/h7-9,17H,3-6H2,1-2H3,(H,18,19,20). The van der Waals surface area contributed by atoms with Crippen LogP contribution < -0.4 is 0 Å². The highest BCUT2D eigenvalue weighted by Crippen LogP contribution is 2.42. The second-order valence-electron chi connectivity index (χ2n) is 5.90. The van der Waals surface area contributed by atoms with E-state index in [0.717, 1.165) is 0 Å². The second-order valence-corrected chi connectivity index (χ2v) is 7.40. The van der Waals surface area contributed by atoms with Crippen molar-refractivity contribution < 1.29 is 40.8 Å². The summed E-state index contributed by atoms with van der Waals surface area (Å²) in [4.78, 5) is 11.7. The average molecular weight is 348 g/mol. The lowest BCUT2D eigenvalue weighted by molar-refractivity contribution is -0.163. The third kappa shape index (κ3) is 4.11. The lowest BCUT2D eigenvalue weighted by atomic mass is 9.66. The Morgan fingerprint density at radius 2 is 1.91 bits per heavy atom. The van der Waals surface area contributed by atoms with Crippen molar-refractivity contribution in [3.8, 4) is 0 Å². The van der Waals surface area contributed by atoms with Crippen LogP contribution in [0.3, 0.4) is 0 Å². The van der Waals surface area contributed by atoms with Gasteiger partial charge < -0.3 is 9.84 Å². The molecule has 0 amide bonds. The number of ether oxygens (including phenoxy) is 1. The van der Waals surface area contributed by atoms with Crippen LogP contribution in [0.25, 0.3) is 0 Å². The Hall–Kier alpha value is -0.870. The third-order valence-electron chi connectivity index (χ3n) is 3.81. The molecule has 130 valence electrons. The van der Waals surface area contributed by atoms with Crippen molar-refractivity contribution in [1.82, 2.24) is 0 Å². The Balaban J connectivity index is 2.47. The first-order valence-corrected chi connectivity index (χ1v) is 8.10. The normalized spacial score (nSPS) is 24.5. The van der Waals surface area contributed by atoms with Crippen LogP contribution in [0.4, 0.5) is 13.2 Å². The minimum absolute atomic E-state index is 0.333. The number of rotatable bonds is 7. The number of carbonyl (C=O) groups excluding carboxylic acids is 1. The average Bonchev–Trinajstić information content (AvgIpc) is 2.22. The van der Waals surface area contributed by atoms with Gasteiger partial charge in [-0.1, -0.05) is 0 Å². The molecule has 0 aromatic heterocycles. The van der Waals surface area contributed by atoms with E-state index in [0.29, 0.717) is 12.8 Å². The lowest BCUT2D eigenvalue weighted by Crippen LogP contribution is -2.47. The maximum atomic E-state index is 13.2. The van der Waals surface area contributed by atoms with E-state index >= 15 is 0 Å². The van der Waals surface area contributed by atoms with Crippen LogP contribution in [0.2, 0.25) is 0 Å². The van der Waals surface area contributed by atoms with Gasteiger partial charge in [0.25, 0.3) is 0 Å². The highest BCUT2D eigenvalue weighted by molar-refractivity contribution is 7.86. The topological polar surface area (TPSA) is 101 Å². The van der Waals surface area contributed by atoms with E-state index in [1.165, 1.54) is 13.8 Å². The maximum Gasteiger partial charge on any atom is 0.400 e. The molecule has 0 aromatic carbocycles. The molecule has 0 aromatic rings.